The molecular formula is C21H24N2O5S. The first-order valence-corrected chi connectivity index (χ1v) is 10.7. The Balaban J connectivity index is 1.54. The van der Waals surface area contributed by atoms with Gasteiger partial charge in [0.1, 0.15) is 5.75 Å². The molecule has 0 radical (unpaired) electrons. The van der Waals surface area contributed by atoms with Gasteiger partial charge in [-0.05, 0) is 41.5 Å². The third-order valence-electron chi connectivity index (χ3n) is 4.54. The minimum atomic E-state index is -3.51. The number of hydrogen-bond acceptors (Lipinski definition) is 5. The fraction of sp³-hybridized carbons (Fsp3) is 0.286. The number of carbonyl (C=O) groups excluding carboxylic acids is 1. The zero-order valence-electron chi connectivity index (χ0n) is 16.2. The summed E-state index contributed by atoms with van der Waals surface area (Å²) in [5, 5.41) is 2.79. The van der Waals surface area contributed by atoms with Crippen molar-refractivity contribution in [2.75, 3.05) is 33.4 Å². The Labute approximate surface area is 171 Å². The second kappa shape index (κ2) is 9.69. The molecule has 1 saturated heterocycles. The van der Waals surface area contributed by atoms with Gasteiger partial charge >= 0.3 is 0 Å². The zero-order valence-corrected chi connectivity index (χ0v) is 17.0. The Morgan fingerprint density at radius 3 is 2.38 bits per heavy atom. The predicted molar refractivity (Wildman–Crippen MR) is 110 cm³/mol. The van der Waals surface area contributed by atoms with Crippen LogP contribution < -0.4 is 10.1 Å². The average molecular weight is 416 g/mol. The lowest BCUT2D eigenvalue weighted by Gasteiger charge is -2.26. The van der Waals surface area contributed by atoms with Gasteiger partial charge in [0.25, 0.3) is 0 Å². The Kier molecular flexibility index (Phi) is 7.03. The number of rotatable bonds is 7. The Hall–Kier alpha value is -2.68. The Morgan fingerprint density at radius 2 is 1.76 bits per heavy atom. The lowest BCUT2D eigenvalue weighted by Crippen LogP contribution is -2.40. The van der Waals surface area contributed by atoms with Crippen LogP contribution in [0.4, 0.5) is 0 Å². The molecule has 1 amide bonds. The highest BCUT2D eigenvalue weighted by Gasteiger charge is 2.25. The molecule has 2 aromatic rings. The van der Waals surface area contributed by atoms with Crippen LogP contribution in [0.15, 0.2) is 59.5 Å². The van der Waals surface area contributed by atoms with Crippen LogP contribution in [0.1, 0.15) is 11.1 Å². The number of sulfonamides is 1. The highest BCUT2D eigenvalue weighted by molar-refractivity contribution is 7.89. The van der Waals surface area contributed by atoms with Gasteiger partial charge in [-0.1, -0.05) is 24.3 Å². The molecule has 29 heavy (non-hydrogen) atoms. The number of benzene rings is 2. The molecule has 154 valence electrons. The van der Waals surface area contributed by atoms with Crippen LogP contribution in [-0.4, -0.2) is 52.0 Å². The van der Waals surface area contributed by atoms with Crippen LogP contribution in [0.25, 0.3) is 6.08 Å². The normalized spacial score (nSPS) is 15.3. The van der Waals surface area contributed by atoms with Gasteiger partial charge in [0.05, 0.1) is 25.2 Å². The van der Waals surface area contributed by atoms with Crippen molar-refractivity contribution in [2.24, 2.45) is 0 Å². The molecule has 0 aliphatic carbocycles. The van der Waals surface area contributed by atoms with Gasteiger partial charge in [-0.25, -0.2) is 8.42 Å². The van der Waals surface area contributed by atoms with Crippen LogP contribution in [-0.2, 0) is 26.1 Å². The maximum Gasteiger partial charge on any atom is 0.244 e. The second-order valence-corrected chi connectivity index (χ2v) is 8.42. The summed E-state index contributed by atoms with van der Waals surface area (Å²) in [7, 11) is -1.91. The number of hydrogen-bond donors (Lipinski definition) is 1. The van der Waals surface area contributed by atoms with Crippen LogP contribution in [0.2, 0.25) is 0 Å². The molecule has 0 bridgehead atoms. The maximum atomic E-state index is 12.6. The van der Waals surface area contributed by atoms with E-state index >= 15 is 0 Å². The summed E-state index contributed by atoms with van der Waals surface area (Å²) in [6.07, 6.45) is 3.17. The van der Waals surface area contributed by atoms with Crippen LogP contribution in [0.5, 0.6) is 5.75 Å². The first-order chi connectivity index (χ1) is 14.0. The van der Waals surface area contributed by atoms with Crippen LogP contribution >= 0.6 is 0 Å². The fourth-order valence-corrected chi connectivity index (χ4v) is 4.26. The van der Waals surface area contributed by atoms with Gasteiger partial charge < -0.3 is 14.8 Å². The molecule has 0 atom stereocenters. The lowest BCUT2D eigenvalue weighted by molar-refractivity contribution is -0.116. The number of carbonyl (C=O) groups is 1. The minimum Gasteiger partial charge on any atom is -0.497 e. The molecule has 3 rings (SSSR count). The van der Waals surface area contributed by atoms with E-state index in [2.05, 4.69) is 5.32 Å². The number of ether oxygens (including phenoxy) is 2. The number of amides is 1. The quantitative estimate of drug-likeness (QED) is 0.699. The predicted octanol–water partition coefficient (Wildman–Crippen LogP) is 2.05. The molecule has 1 heterocycles. The van der Waals surface area contributed by atoms with Crippen molar-refractivity contribution in [3.8, 4) is 5.75 Å². The van der Waals surface area contributed by atoms with E-state index in [9.17, 15) is 13.2 Å². The molecule has 1 aliphatic heterocycles. The molecule has 0 aromatic heterocycles. The highest BCUT2D eigenvalue weighted by atomic mass is 32.2. The van der Waals surface area contributed by atoms with Crippen molar-refractivity contribution in [3.05, 3.63) is 65.7 Å². The number of nitrogens with one attached hydrogen (secondary N) is 1. The lowest BCUT2D eigenvalue weighted by atomic mass is 10.2. The summed E-state index contributed by atoms with van der Waals surface area (Å²) in [5.41, 5.74) is 1.70. The van der Waals surface area contributed by atoms with Gasteiger partial charge in [0.15, 0.2) is 0 Å². The second-order valence-electron chi connectivity index (χ2n) is 6.48. The van der Waals surface area contributed by atoms with Crippen molar-refractivity contribution in [3.63, 3.8) is 0 Å². The summed E-state index contributed by atoms with van der Waals surface area (Å²) in [4.78, 5) is 12.3. The Bertz CT molecular complexity index is 948. The van der Waals surface area contributed by atoms with Crippen LogP contribution in [0, 0.1) is 0 Å². The standard InChI is InChI=1S/C21H24N2O5S/c1-27-19-7-2-17(3-8-19)6-11-21(24)22-16-18-4-9-20(10-5-18)29(25,26)23-12-14-28-15-13-23/h2-11H,12-16H2,1H3,(H,22,24)/b11-6+. The van der Waals surface area contributed by atoms with E-state index in [0.29, 0.717) is 32.8 Å². The smallest absolute Gasteiger partial charge is 0.244 e. The van der Waals surface area contributed by atoms with Crippen molar-refractivity contribution >= 4 is 22.0 Å². The molecular weight excluding hydrogens is 392 g/mol. The number of morpholine rings is 1. The number of methoxy groups -OCH3 is 1. The third-order valence-corrected chi connectivity index (χ3v) is 6.45. The molecule has 2 aromatic carbocycles. The molecule has 8 heteroatoms. The SMILES string of the molecule is COc1ccc(/C=C/C(=O)NCc2ccc(S(=O)(=O)N3CCOCC3)cc2)cc1. The van der Waals surface area contributed by atoms with E-state index in [1.54, 1.807) is 37.5 Å². The van der Waals surface area contributed by atoms with Gasteiger partial charge in [-0.15, -0.1) is 0 Å². The third kappa shape index (κ3) is 5.66. The molecule has 1 aliphatic rings. The summed E-state index contributed by atoms with van der Waals surface area (Å²) in [5.74, 6) is 0.525. The van der Waals surface area contributed by atoms with Gasteiger partial charge in [0.2, 0.25) is 15.9 Å². The summed E-state index contributed by atoms with van der Waals surface area (Å²) < 4.78 is 36.9. The summed E-state index contributed by atoms with van der Waals surface area (Å²) in [6, 6.07) is 13.9. The highest BCUT2D eigenvalue weighted by Crippen LogP contribution is 2.17. The average Bonchev–Trinajstić information content (AvgIpc) is 2.77. The van der Waals surface area contributed by atoms with E-state index < -0.39 is 10.0 Å². The summed E-state index contributed by atoms with van der Waals surface area (Å²) >= 11 is 0. The van der Waals surface area contributed by atoms with E-state index in [1.807, 2.05) is 24.3 Å². The topological polar surface area (TPSA) is 84.9 Å². The van der Waals surface area contributed by atoms with Crippen molar-refractivity contribution in [2.45, 2.75) is 11.4 Å². The van der Waals surface area contributed by atoms with E-state index in [1.165, 1.54) is 10.4 Å². The molecule has 0 saturated carbocycles. The molecule has 0 spiro atoms. The van der Waals surface area contributed by atoms with Gasteiger partial charge in [-0.2, -0.15) is 4.31 Å². The largest absolute Gasteiger partial charge is 0.497 e. The monoisotopic (exact) mass is 416 g/mol. The molecule has 1 fully saturated rings. The van der Waals surface area contributed by atoms with E-state index in [4.69, 9.17) is 9.47 Å². The maximum absolute atomic E-state index is 12.6. The molecule has 0 unspecified atom stereocenters. The fourth-order valence-electron chi connectivity index (χ4n) is 2.85. The minimum absolute atomic E-state index is 0.231. The van der Waals surface area contributed by atoms with Gasteiger partial charge in [0, 0.05) is 25.7 Å². The number of nitrogens with zero attached hydrogens (tertiary/aromatic N) is 1. The first kappa shape index (κ1) is 21.0. The molecule has 1 N–H and O–H groups in total. The van der Waals surface area contributed by atoms with Crippen molar-refractivity contribution in [1.82, 2.24) is 9.62 Å². The first-order valence-electron chi connectivity index (χ1n) is 9.26. The zero-order chi connectivity index (χ0) is 20.7. The van der Waals surface area contributed by atoms with Crippen molar-refractivity contribution in [1.29, 1.82) is 0 Å². The van der Waals surface area contributed by atoms with E-state index in [0.717, 1.165) is 16.9 Å². The summed E-state index contributed by atoms with van der Waals surface area (Å²) in [6.45, 7) is 1.85. The Morgan fingerprint density at radius 1 is 1.10 bits per heavy atom. The van der Waals surface area contributed by atoms with Crippen LogP contribution in [0.3, 0.4) is 0 Å². The van der Waals surface area contributed by atoms with Gasteiger partial charge in [-0.3, -0.25) is 4.79 Å². The van der Waals surface area contributed by atoms with Crippen molar-refractivity contribution < 1.29 is 22.7 Å². The molecule has 7 nitrogen and oxygen atoms in total. The van der Waals surface area contributed by atoms with E-state index in [-0.39, 0.29) is 10.8 Å².